The van der Waals surface area contributed by atoms with Crippen LogP contribution in [-0.2, 0) is 9.53 Å². The zero-order valence-corrected chi connectivity index (χ0v) is 10.9. The van der Waals surface area contributed by atoms with E-state index in [0.29, 0.717) is 19.6 Å². The van der Waals surface area contributed by atoms with Gasteiger partial charge in [0.05, 0.1) is 24.4 Å². The van der Waals surface area contributed by atoms with E-state index in [1.54, 1.807) is 13.1 Å². The van der Waals surface area contributed by atoms with Crippen LogP contribution in [0, 0.1) is 13.8 Å². The molecule has 0 aromatic carbocycles. The second kappa shape index (κ2) is 6.18. The van der Waals surface area contributed by atoms with Crippen molar-refractivity contribution in [2.45, 2.75) is 27.2 Å². The third kappa shape index (κ3) is 4.01. The lowest BCUT2D eigenvalue weighted by Crippen LogP contribution is -2.24. The highest BCUT2D eigenvalue weighted by molar-refractivity contribution is 5.70. The molecule has 0 fully saturated rings. The molecular formula is C12H19N3O2. The van der Waals surface area contributed by atoms with Gasteiger partial charge in [-0.2, -0.15) is 0 Å². The zero-order valence-electron chi connectivity index (χ0n) is 10.9. The van der Waals surface area contributed by atoms with Crippen LogP contribution in [0.3, 0.4) is 0 Å². The summed E-state index contributed by atoms with van der Waals surface area (Å²) in [7, 11) is 1.90. The second-order valence-corrected chi connectivity index (χ2v) is 3.90. The number of esters is 1. The molecule has 0 spiro atoms. The molecule has 5 heteroatoms. The average molecular weight is 237 g/mol. The molecule has 1 aromatic rings. The lowest BCUT2D eigenvalue weighted by Gasteiger charge is -2.19. The van der Waals surface area contributed by atoms with Crippen molar-refractivity contribution >= 4 is 11.8 Å². The maximum absolute atomic E-state index is 11.2. The van der Waals surface area contributed by atoms with Crippen molar-refractivity contribution < 1.29 is 9.53 Å². The van der Waals surface area contributed by atoms with Gasteiger partial charge in [0.25, 0.3) is 0 Å². The lowest BCUT2D eigenvalue weighted by molar-refractivity contribution is -0.142. The predicted octanol–water partition coefficient (Wildman–Crippen LogP) is 1.48. The number of hydrogen-bond acceptors (Lipinski definition) is 5. The first-order valence-corrected chi connectivity index (χ1v) is 5.71. The molecule has 0 saturated carbocycles. The highest BCUT2D eigenvalue weighted by Gasteiger charge is 2.10. The number of hydrogen-bond donors (Lipinski definition) is 0. The molecule has 0 bridgehead atoms. The summed E-state index contributed by atoms with van der Waals surface area (Å²) in [6.45, 7) is 6.61. The normalized spacial score (nSPS) is 10.1. The summed E-state index contributed by atoms with van der Waals surface area (Å²) in [5.41, 5.74) is 1.73. The van der Waals surface area contributed by atoms with Crippen molar-refractivity contribution in [3.8, 4) is 0 Å². The number of anilines is 1. The van der Waals surface area contributed by atoms with Crippen molar-refractivity contribution in [2.75, 3.05) is 25.1 Å². The number of aromatic nitrogens is 2. The van der Waals surface area contributed by atoms with Gasteiger partial charge in [-0.05, 0) is 20.8 Å². The molecule has 0 aliphatic carbocycles. The van der Waals surface area contributed by atoms with Gasteiger partial charge >= 0.3 is 5.97 Å². The summed E-state index contributed by atoms with van der Waals surface area (Å²) < 4.78 is 4.88. The van der Waals surface area contributed by atoms with Gasteiger partial charge in [-0.15, -0.1) is 0 Å². The van der Waals surface area contributed by atoms with E-state index in [2.05, 4.69) is 9.97 Å². The van der Waals surface area contributed by atoms with Crippen LogP contribution < -0.4 is 4.90 Å². The number of nitrogens with zero attached hydrogens (tertiary/aromatic N) is 3. The van der Waals surface area contributed by atoms with Crippen LogP contribution >= 0.6 is 0 Å². The Balaban J connectivity index is 2.60. The molecule has 0 amide bonds. The first-order chi connectivity index (χ1) is 8.04. The van der Waals surface area contributed by atoms with Crippen LogP contribution in [0.25, 0.3) is 0 Å². The summed E-state index contributed by atoms with van der Waals surface area (Å²) in [5.74, 6) is 0.631. The fraction of sp³-hybridized carbons (Fsp3) is 0.583. The predicted molar refractivity (Wildman–Crippen MR) is 66.0 cm³/mol. The Labute approximate surface area is 102 Å². The maximum atomic E-state index is 11.2. The van der Waals surface area contributed by atoms with Crippen molar-refractivity contribution in [1.29, 1.82) is 0 Å². The van der Waals surface area contributed by atoms with E-state index in [0.717, 1.165) is 17.2 Å². The van der Waals surface area contributed by atoms with Gasteiger partial charge < -0.3 is 9.64 Å². The highest BCUT2D eigenvalue weighted by atomic mass is 16.5. The van der Waals surface area contributed by atoms with Crippen LogP contribution in [0.15, 0.2) is 6.20 Å². The van der Waals surface area contributed by atoms with E-state index in [1.807, 2.05) is 25.8 Å². The van der Waals surface area contributed by atoms with E-state index in [9.17, 15) is 4.79 Å². The van der Waals surface area contributed by atoms with Crippen LogP contribution in [0.1, 0.15) is 24.7 Å². The number of ether oxygens (including phenoxy) is 1. The van der Waals surface area contributed by atoms with Gasteiger partial charge in [-0.3, -0.25) is 9.78 Å². The van der Waals surface area contributed by atoms with Crippen molar-refractivity contribution in [3.63, 3.8) is 0 Å². The Morgan fingerprint density at radius 3 is 2.82 bits per heavy atom. The van der Waals surface area contributed by atoms with Gasteiger partial charge in [-0.25, -0.2) is 4.98 Å². The standard InChI is InChI=1S/C12H19N3O2/c1-5-17-11(16)6-7-15(4)12-10(3)13-8-9(2)14-12/h8H,5-7H2,1-4H3. The minimum atomic E-state index is -0.183. The van der Waals surface area contributed by atoms with Crippen molar-refractivity contribution in [1.82, 2.24) is 9.97 Å². The highest BCUT2D eigenvalue weighted by Crippen LogP contribution is 2.13. The largest absolute Gasteiger partial charge is 0.466 e. The van der Waals surface area contributed by atoms with Crippen LogP contribution in [0.5, 0.6) is 0 Å². The number of carbonyl (C=O) groups is 1. The molecule has 0 unspecified atom stereocenters. The van der Waals surface area contributed by atoms with E-state index in [4.69, 9.17) is 4.74 Å². The molecule has 1 aromatic heterocycles. The third-order valence-electron chi connectivity index (χ3n) is 2.37. The Kier molecular flexibility index (Phi) is 4.87. The SMILES string of the molecule is CCOC(=O)CCN(C)c1nc(C)cnc1C. The molecule has 94 valence electrons. The number of carbonyl (C=O) groups excluding carboxylic acids is 1. The van der Waals surface area contributed by atoms with Gasteiger partial charge in [0.2, 0.25) is 0 Å². The Bertz CT molecular complexity index is 393. The van der Waals surface area contributed by atoms with E-state index < -0.39 is 0 Å². The fourth-order valence-corrected chi connectivity index (χ4v) is 1.48. The summed E-state index contributed by atoms with van der Waals surface area (Å²) in [5, 5.41) is 0. The summed E-state index contributed by atoms with van der Waals surface area (Å²) in [6.07, 6.45) is 2.09. The molecule has 0 saturated heterocycles. The Morgan fingerprint density at radius 2 is 2.18 bits per heavy atom. The Morgan fingerprint density at radius 1 is 1.47 bits per heavy atom. The molecule has 0 aliphatic rings. The van der Waals surface area contributed by atoms with E-state index in [1.165, 1.54) is 0 Å². The quantitative estimate of drug-likeness (QED) is 0.726. The number of aryl methyl sites for hydroxylation is 2. The van der Waals surface area contributed by atoms with Gasteiger partial charge in [0, 0.05) is 19.8 Å². The van der Waals surface area contributed by atoms with Crippen molar-refractivity contribution in [3.05, 3.63) is 17.6 Å². The minimum absolute atomic E-state index is 0.183. The third-order valence-corrected chi connectivity index (χ3v) is 2.37. The molecule has 1 rings (SSSR count). The van der Waals surface area contributed by atoms with E-state index >= 15 is 0 Å². The molecule has 0 atom stereocenters. The van der Waals surface area contributed by atoms with Crippen molar-refractivity contribution in [2.24, 2.45) is 0 Å². The van der Waals surface area contributed by atoms with Crippen LogP contribution in [0.2, 0.25) is 0 Å². The average Bonchev–Trinajstić information content (AvgIpc) is 2.29. The molecule has 1 heterocycles. The first-order valence-electron chi connectivity index (χ1n) is 5.71. The molecule has 0 radical (unpaired) electrons. The van der Waals surface area contributed by atoms with Gasteiger partial charge in [0.15, 0.2) is 0 Å². The molecular weight excluding hydrogens is 218 g/mol. The van der Waals surface area contributed by atoms with Crippen LogP contribution in [-0.4, -0.2) is 36.1 Å². The van der Waals surface area contributed by atoms with Gasteiger partial charge in [-0.1, -0.05) is 0 Å². The van der Waals surface area contributed by atoms with Crippen LogP contribution in [0.4, 0.5) is 5.82 Å². The van der Waals surface area contributed by atoms with E-state index in [-0.39, 0.29) is 5.97 Å². The molecule has 0 N–H and O–H groups in total. The maximum Gasteiger partial charge on any atom is 0.307 e. The summed E-state index contributed by atoms with van der Waals surface area (Å²) in [4.78, 5) is 21.8. The zero-order chi connectivity index (χ0) is 12.8. The number of rotatable bonds is 5. The smallest absolute Gasteiger partial charge is 0.307 e. The monoisotopic (exact) mass is 237 g/mol. The fourth-order valence-electron chi connectivity index (χ4n) is 1.48. The molecule has 5 nitrogen and oxygen atoms in total. The minimum Gasteiger partial charge on any atom is -0.466 e. The first kappa shape index (κ1) is 13.4. The molecule has 0 aliphatic heterocycles. The Hall–Kier alpha value is -1.65. The lowest BCUT2D eigenvalue weighted by atomic mass is 10.3. The topological polar surface area (TPSA) is 55.3 Å². The molecule has 17 heavy (non-hydrogen) atoms. The summed E-state index contributed by atoms with van der Waals surface area (Å²) >= 11 is 0. The second-order valence-electron chi connectivity index (χ2n) is 3.90. The summed E-state index contributed by atoms with van der Waals surface area (Å²) in [6, 6.07) is 0. The van der Waals surface area contributed by atoms with Gasteiger partial charge in [0.1, 0.15) is 5.82 Å².